The highest BCUT2D eigenvalue weighted by atomic mass is 79.9. The van der Waals surface area contributed by atoms with Gasteiger partial charge in [-0.05, 0) is 34.5 Å². The van der Waals surface area contributed by atoms with Crippen molar-refractivity contribution in [1.82, 2.24) is 0 Å². The van der Waals surface area contributed by atoms with Gasteiger partial charge in [-0.2, -0.15) is 0 Å². The predicted molar refractivity (Wildman–Crippen MR) is 91.7 cm³/mol. The van der Waals surface area contributed by atoms with Crippen molar-refractivity contribution < 1.29 is 19.4 Å². The zero-order valence-corrected chi connectivity index (χ0v) is 14.4. The van der Waals surface area contributed by atoms with Crippen LogP contribution in [0.25, 0.3) is 0 Å². The van der Waals surface area contributed by atoms with Crippen molar-refractivity contribution in [3.05, 3.63) is 64.1 Å². The Hall–Kier alpha value is -1.69. The second kappa shape index (κ2) is 8.82. The van der Waals surface area contributed by atoms with E-state index in [1.54, 1.807) is 25.1 Å². The highest BCUT2D eigenvalue weighted by molar-refractivity contribution is 9.10. The molecule has 0 bridgehead atoms. The first-order valence-corrected chi connectivity index (χ1v) is 8.11. The Balaban J connectivity index is 1.84. The third kappa shape index (κ3) is 5.16. The fraction of sp³-hybridized carbons (Fsp3) is 0.278. The second-order valence-corrected chi connectivity index (χ2v) is 5.95. The second-order valence-electron chi connectivity index (χ2n) is 5.16. The van der Waals surface area contributed by atoms with Gasteiger partial charge in [0.15, 0.2) is 6.29 Å². The first-order valence-electron chi connectivity index (χ1n) is 7.32. The molecule has 2 atom stereocenters. The molecule has 0 heterocycles. The van der Waals surface area contributed by atoms with E-state index in [1.807, 2.05) is 30.3 Å². The molecule has 4 nitrogen and oxygen atoms in total. The van der Waals surface area contributed by atoms with Crippen LogP contribution in [-0.2, 0) is 11.3 Å². The molecule has 2 rings (SSSR count). The van der Waals surface area contributed by atoms with E-state index < -0.39 is 6.10 Å². The van der Waals surface area contributed by atoms with Crippen molar-refractivity contribution in [1.29, 1.82) is 0 Å². The number of hydrogen-bond donors (Lipinski definition) is 1. The van der Waals surface area contributed by atoms with Crippen molar-refractivity contribution in [3.8, 4) is 5.75 Å². The summed E-state index contributed by atoms with van der Waals surface area (Å²) in [5, 5.41) is 10.1. The highest BCUT2D eigenvalue weighted by Gasteiger charge is 2.17. The molecule has 23 heavy (non-hydrogen) atoms. The number of carbonyl (C=O) groups is 1. The van der Waals surface area contributed by atoms with Gasteiger partial charge in [0.1, 0.15) is 18.5 Å². The molecule has 0 aliphatic heterocycles. The maximum Gasteiger partial charge on any atom is 0.151 e. The van der Waals surface area contributed by atoms with Crippen LogP contribution >= 0.6 is 15.9 Å². The Bertz CT molecular complexity index is 630. The fourth-order valence-corrected chi connectivity index (χ4v) is 2.43. The summed E-state index contributed by atoms with van der Waals surface area (Å²) in [7, 11) is 0. The largest absolute Gasteiger partial charge is 0.490 e. The molecule has 0 amide bonds. The number of ether oxygens (including phenoxy) is 2. The van der Waals surface area contributed by atoms with Gasteiger partial charge >= 0.3 is 0 Å². The molecule has 0 aromatic heterocycles. The smallest absolute Gasteiger partial charge is 0.151 e. The maximum absolute atomic E-state index is 10.9. The Morgan fingerprint density at radius 2 is 1.91 bits per heavy atom. The molecule has 0 spiro atoms. The first-order chi connectivity index (χ1) is 11.1. The van der Waals surface area contributed by atoms with Gasteiger partial charge in [0, 0.05) is 5.56 Å². The number of aliphatic hydroxyl groups excluding tert-OH is 1. The van der Waals surface area contributed by atoms with E-state index in [4.69, 9.17) is 9.47 Å². The molecular formula is C18H19BrO4. The lowest BCUT2D eigenvalue weighted by atomic mass is 10.2. The molecule has 0 saturated carbocycles. The zero-order chi connectivity index (χ0) is 16.7. The monoisotopic (exact) mass is 378 g/mol. The summed E-state index contributed by atoms with van der Waals surface area (Å²) in [4.78, 5) is 10.9. The zero-order valence-electron chi connectivity index (χ0n) is 12.8. The Kier molecular flexibility index (Phi) is 6.77. The molecular weight excluding hydrogens is 360 g/mol. The van der Waals surface area contributed by atoms with Crippen LogP contribution in [0, 0.1) is 0 Å². The highest BCUT2D eigenvalue weighted by Crippen LogP contribution is 2.27. The van der Waals surface area contributed by atoms with Crippen molar-refractivity contribution >= 4 is 22.2 Å². The standard InChI is InChI=1S/C18H19BrO4/c1-13(22-11-14-6-3-2-4-7-14)16(21)12-23-17-9-5-8-15(10-20)18(17)19/h2-10,13,16,21H,11-12H2,1H3. The molecule has 0 aliphatic rings. The lowest BCUT2D eigenvalue weighted by Crippen LogP contribution is -2.31. The molecule has 0 saturated heterocycles. The minimum Gasteiger partial charge on any atom is -0.490 e. The van der Waals surface area contributed by atoms with Crippen LogP contribution in [0.5, 0.6) is 5.75 Å². The minimum absolute atomic E-state index is 0.0802. The summed E-state index contributed by atoms with van der Waals surface area (Å²) in [5.74, 6) is 0.518. The first kappa shape index (κ1) is 17.7. The van der Waals surface area contributed by atoms with Gasteiger partial charge in [-0.15, -0.1) is 0 Å². The number of aliphatic hydroxyl groups is 1. The molecule has 5 heteroatoms. The van der Waals surface area contributed by atoms with Crippen LogP contribution < -0.4 is 4.74 Å². The van der Waals surface area contributed by atoms with Crippen molar-refractivity contribution in [2.75, 3.05) is 6.61 Å². The average Bonchev–Trinajstić information content (AvgIpc) is 2.59. The number of hydrogen-bond acceptors (Lipinski definition) is 4. The summed E-state index contributed by atoms with van der Waals surface area (Å²) in [6, 6.07) is 14.9. The molecule has 0 radical (unpaired) electrons. The Morgan fingerprint density at radius 3 is 2.61 bits per heavy atom. The van der Waals surface area contributed by atoms with Crippen molar-refractivity contribution in [3.63, 3.8) is 0 Å². The molecule has 2 aromatic rings. The van der Waals surface area contributed by atoms with Gasteiger partial charge in [0.05, 0.1) is 17.2 Å². The normalized spacial score (nSPS) is 13.3. The summed E-state index contributed by atoms with van der Waals surface area (Å²) < 4.78 is 11.8. The predicted octanol–water partition coefficient (Wildman–Crippen LogP) is 3.61. The van der Waals surface area contributed by atoms with E-state index in [-0.39, 0.29) is 12.7 Å². The van der Waals surface area contributed by atoms with E-state index >= 15 is 0 Å². The number of rotatable bonds is 8. The van der Waals surface area contributed by atoms with Gasteiger partial charge in [0.25, 0.3) is 0 Å². The van der Waals surface area contributed by atoms with Crippen LogP contribution in [-0.4, -0.2) is 30.2 Å². The van der Waals surface area contributed by atoms with Gasteiger partial charge in [0.2, 0.25) is 0 Å². The fourth-order valence-electron chi connectivity index (χ4n) is 1.95. The van der Waals surface area contributed by atoms with Crippen LogP contribution in [0.15, 0.2) is 53.0 Å². The number of halogens is 1. The molecule has 2 aromatic carbocycles. The molecule has 1 N–H and O–H groups in total. The van der Waals surface area contributed by atoms with E-state index in [0.717, 1.165) is 11.8 Å². The topological polar surface area (TPSA) is 55.8 Å². The maximum atomic E-state index is 10.9. The summed E-state index contributed by atoms with van der Waals surface area (Å²) >= 11 is 3.32. The summed E-state index contributed by atoms with van der Waals surface area (Å²) in [6.07, 6.45) is -0.396. The van der Waals surface area contributed by atoms with Gasteiger partial charge in [-0.1, -0.05) is 42.5 Å². The van der Waals surface area contributed by atoms with Crippen LogP contribution in [0.1, 0.15) is 22.8 Å². The van der Waals surface area contributed by atoms with Crippen molar-refractivity contribution in [2.45, 2.75) is 25.7 Å². The Morgan fingerprint density at radius 1 is 1.17 bits per heavy atom. The lowest BCUT2D eigenvalue weighted by Gasteiger charge is -2.20. The minimum atomic E-state index is -0.773. The SMILES string of the molecule is CC(OCc1ccccc1)C(O)COc1cccc(C=O)c1Br. The van der Waals surface area contributed by atoms with Gasteiger partial charge < -0.3 is 14.6 Å². The molecule has 2 unspecified atom stereocenters. The quantitative estimate of drug-likeness (QED) is 0.712. The molecule has 0 aliphatic carbocycles. The van der Waals surface area contributed by atoms with Gasteiger partial charge in [-0.25, -0.2) is 0 Å². The third-order valence-corrected chi connectivity index (χ3v) is 4.28. The van der Waals surface area contributed by atoms with Crippen LogP contribution in [0.2, 0.25) is 0 Å². The molecule has 0 fully saturated rings. The van der Waals surface area contributed by atoms with E-state index in [9.17, 15) is 9.90 Å². The Labute approximate surface area is 144 Å². The number of carbonyl (C=O) groups excluding carboxylic acids is 1. The lowest BCUT2D eigenvalue weighted by molar-refractivity contribution is -0.0512. The number of benzene rings is 2. The molecule has 122 valence electrons. The summed E-state index contributed by atoms with van der Waals surface area (Å²) in [5.41, 5.74) is 1.55. The van der Waals surface area contributed by atoms with Gasteiger partial charge in [-0.3, -0.25) is 4.79 Å². The van der Waals surface area contributed by atoms with E-state index in [1.165, 1.54) is 0 Å². The van der Waals surface area contributed by atoms with E-state index in [0.29, 0.717) is 22.4 Å². The van der Waals surface area contributed by atoms with Crippen LogP contribution in [0.3, 0.4) is 0 Å². The van der Waals surface area contributed by atoms with E-state index in [2.05, 4.69) is 15.9 Å². The number of aldehydes is 1. The van der Waals surface area contributed by atoms with Crippen LogP contribution in [0.4, 0.5) is 0 Å². The third-order valence-electron chi connectivity index (χ3n) is 3.43. The summed E-state index contributed by atoms with van der Waals surface area (Å²) in [6.45, 7) is 2.31. The van der Waals surface area contributed by atoms with Crippen molar-refractivity contribution in [2.24, 2.45) is 0 Å². The average molecular weight is 379 g/mol.